The van der Waals surface area contributed by atoms with Gasteiger partial charge < -0.3 is 45.3 Å². The van der Waals surface area contributed by atoms with E-state index in [1.54, 1.807) is 0 Å². The topological polar surface area (TPSA) is 55.4 Å². The molecule has 58 heavy (non-hydrogen) atoms. The number of benzene rings is 4. The SMILES string of the molecule is C1=C\CC/C=C\CC/1.CC1(C)OC[C@H]([C@@H](OP(c2ccccc2)c2ccccc2)[C@H](OP(c2ccccc2)c2ccccc2)[C@H]2COC(C)(C)O2)O1.F[B-](F)(F)F.[Rh]. The van der Waals surface area contributed by atoms with Gasteiger partial charge in [0.2, 0.25) is 0 Å². The molecule has 0 N–H and O–H groups in total. The number of hydrogen-bond donors (Lipinski definition) is 0. The predicted octanol–water partition coefficient (Wildman–Crippen LogP) is 10.1. The largest absolute Gasteiger partial charge is 0.673 e. The zero-order valence-corrected chi connectivity index (χ0v) is 36.6. The van der Waals surface area contributed by atoms with Crippen molar-refractivity contribution in [3.63, 3.8) is 0 Å². The molecule has 2 saturated heterocycles. The third-order valence-corrected chi connectivity index (χ3v) is 12.8. The van der Waals surface area contributed by atoms with E-state index in [4.69, 9.17) is 28.0 Å². The summed E-state index contributed by atoms with van der Waals surface area (Å²) in [7, 11) is -8.49. The van der Waals surface area contributed by atoms with Crippen molar-refractivity contribution in [3.05, 3.63) is 146 Å². The maximum absolute atomic E-state index is 9.75. The molecule has 315 valence electrons. The summed E-state index contributed by atoms with van der Waals surface area (Å²) < 4.78 is 79.1. The van der Waals surface area contributed by atoms with Crippen LogP contribution in [0.5, 0.6) is 0 Å². The van der Waals surface area contributed by atoms with Crippen molar-refractivity contribution >= 4 is 44.8 Å². The first-order valence-electron chi connectivity index (χ1n) is 19.2. The Kier molecular flexibility index (Phi) is 19.4. The van der Waals surface area contributed by atoms with Crippen LogP contribution in [-0.4, -0.2) is 56.5 Å². The molecule has 0 saturated carbocycles. The molecule has 0 unspecified atom stereocenters. The molecule has 7 rings (SSSR count). The van der Waals surface area contributed by atoms with Crippen molar-refractivity contribution in [1.82, 2.24) is 0 Å². The van der Waals surface area contributed by atoms with Crippen molar-refractivity contribution in [3.8, 4) is 0 Å². The Bertz CT molecular complexity index is 1590. The molecule has 3 aliphatic rings. The van der Waals surface area contributed by atoms with Crippen LogP contribution in [0.1, 0.15) is 53.4 Å². The van der Waals surface area contributed by atoms with Gasteiger partial charge in [-0.15, -0.1) is 0 Å². The third-order valence-electron chi connectivity index (χ3n) is 8.87. The number of rotatable bonds is 11. The molecule has 2 fully saturated rings. The molecule has 14 heteroatoms. The maximum atomic E-state index is 9.75. The standard InChI is InChI=1S/C36H40O6P2.C8H12.BF4.Rh/c1-35(2)37-25-31(39-35)33(41-43(27-17-9-5-10-18-27)28-19-11-6-12-20-28)34(32-26-38-36(3,4)40-32)42-44(29-21-13-7-14-22-29)30-23-15-8-16-24-30;1-2-4-6-8-7-5-3-1;2-1(3,4)5;/h5-24,31-34H,25-26H2,1-4H3;1-2,7-8H,3-6H2;;/q;;-1;/b;2-1-,8-7-;;/t31-,32-,33-,34-;;;/m1.../s1. The molecule has 1 radical (unpaired) electrons. The predicted molar refractivity (Wildman–Crippen MR) is 225 cm³/mol. The van der Waals surface area contributed by atoms with Gasteiger partial charge in [-0.3, -0.25) is 0 Å². The van der Waals surface area contributed by atoms with Gasteiger partial charge in [-0.2, -0.15) is 0 Å². The minimum absolute atomic E-state index is 0. The first kappa shape index (κ1) is 48.1. The normalized spacial score (nSPS) is 21.8. The van der Waals surface area contributed by atoms with Crippen LogP contribution in [0.25, 0.3) is 0 Å². The van der Waals surface area contributed by atoms with Crippen molar-refractivity contribution in [2.24, 2.45) is 0 Å². The molecule has 4 atom stereocenters. The molecule has 6 nitrogen and oxygen atoms in total. The van der Waals surface area contributed by atoms with Crippen LogP contribution in [0.2, 0.25) is 0 Å². The second-order valence-corrected chi connectivity index (χ2v) is 18.1. The number of halogens is 4. The third kappa shape index (κ3) is 16.1. The average Bonchev–Trinajstić information content (AvgIpc) is 3.73. The molecular formula is C44H52BF4O6P2Rh-. The molecular weight excluding hydrogens is 876 g/mol. The first-order valence-corrected chi connectivity index (χ1v) is 21.7. The Balaban J connectivity index is 0.000000456. The van der Waals surface area contributed by atoms with Crippen molar-refractivity contribution in [2.75, 3.05) is 13.2 Å². The average molecular weight is 929 g/mol. The minimum atomic E-state index is -6.00. The maximum Gasteiger partial charge on any atom is 0.673 e. The van der Waals surface area contributed by atoms with E-state index in [-0.39, 0.29) is 19.5 Å². The first-order chi connectivity index (χ1) is 27.3. The summed E-state index contributed by atoms with van der Waals surface area (Å²) in [5.74, 6) is -1.51. The van der Waals surface area contributed by atoms with Crippen molar-refractivity contribution in [1.29, 1.82) is 0 Å². The van der Waals surface area contributed by atoms with E-state index in [0.717, 1.165) is 21.2 Å². The van der Waals surface area contributed by atoms with Crippen LogP contribution < -0.4 is 21.2 Å². The van der Waals surface area contributed by atoms with Gasteiger partial charge in [0.25, 0.3) is 0 Å². The smallest absolute Gasteiger partial charge is 0.418 e. The van der Waals surface area contributed by atoms with E-state index in [1.807, 2.05) is 52.0 Å². The summed E-state index contributed by atoms with van der Waals surface area (Å²) in [5.41, 5.74) is 0. The molecule has 2 aliphatic heterocycles. The molecule has 0 spiro atoms. The van der Waals surface area contributed by atoms with Crippen LogP contribution in [-0.2, 0) is 47.5 Å². The van der Waals surface area contributed by atoms with Gasteiger partial charge >= 0.3 is 7.25 Å². The summed E-state index contributed by atoms with van der Waals surface area (Å²) in [6, 6.07) is 41.6. The Morgan fingerprint density at radius 1 is 0.500 bits per heavy atom. The van der Waals surface area contributed by atoms with E-state index in [1.165, 1.54) is 25.7 Å². The summed E-state index contributed by atoms with van der Waals surface area (Å²) in [6.45, 7) is 8.50. The van der Waals surface area contributed by atoms with Gasteiger partial charge in [-0.25, -0.2) is 0 Å². The molecule has 2 heterocycles. The van der Waals surface area contributed by atoms with Gasteiger partial charge in [-0.05, 0) is 53.4 Å². The van der Waals surface area contributed by atoms with Gasteiger partial charge in [0, 0.05) is 40.7 Å². The Labute approximate surface area is 356 Å². The number of allylic oxidation sites excluding steroid dienone is 4. The van der Waals surface area contributed by atoms with E-state index in [0.29, 0.717) is 13.2 Å². The molecule has 0 bridgehead atoms. The minimum Gasteiger partial charge on any atom is -0.418 e. The fraction of sp³-hybridized carbons (Fsp3) is 0.364. The molecule has 4 aromatic carbocycles. The van der Waals surface area contributed by atoms with Crippen LogP contribution in [0.15, 0.2) is 146 Å². The second-order valence-electron chi connectivity index (χ2n) is 14.4. The quantitative estimate of drug-likeness (QED) is 0.0647. The van der Waals surface area contributed by atoms with Crippen LogP contribution in [0.3, 0.4) is 0 Å². The second kappa shape index (κ2) is 23.4. The van der Waals surface area contributed by atoms with E-state index in [9.17, 15) is 17.3 Å². The fourth-order valence-electron chi connectivity index (χ4n) is 6.33. The summed E-state index contributed by atoms with van der Waals surface area (Å²) >= 11 is 0. The van der Waals surface area contributed by atoms with Gasteiger partial charge in [0.1, 0.15) is 24.4 Å². The van der Waals surface area contributed by atoms with Crippen LogP contribution in [0, 0.1) is 0 Å². The van der Waals surface area contributed by atoms with Gasteiger partial charge in [-0.1, -0.05) is 146 Å². The zero-order valence-electron chi connectivity index (χ0n) is 33.2. The van der Waals surface area contributed by atoms with Crippen molar-refractivity contribution in [2.45, 2.75) is 89.4 Å². The summed E-state index contributed by atoms with van der Waals surface area (Å²) in [5, 5.41) is 4.42. The van der Waals surface area contributed by atoms with Crippen LogP contribution >= 0.6 is 16.3 Å². The van der Waals surface area contributed by atoms with Crippen LogP contribution in [0.4, 0.5) is 17.3 Å². The molecule has 0 amide bonds. The molecule has 1 aliphatic carbocycles. The van der Waals surface area contributed by atoms with Gasteiger partial charge in [0.15, 0.2) is 11.6 Å². The monoisotopic (exact) mass is 928 g/mol. The Morgan fingerprint density at radius 2 is 0.741 bits per heavy atom. The summed E-state index contributed by atoms with van der Waals surface area (Å²) in [4.78, 5) is 0. The zero-order chi connectivity index (χ0) is 40.7. The number of ether oxygens (including phenoxy) is 4. The van der Waals surface area contributed by atoms with Crippen molar-refractivity contribution < 1.29 is 64.7 Å². The fourth-order valence-corrected chi connectivity index (χ4v) is 10.2. The van der Waals surface area contributed by atoms with E-state index < -0.39 is 59.5 Å². The number of hydrogen-bond acceptors (Lipinski definition) is 6. The Hall–Kier alpha value is -2.61. The molecule has 4 aromatic rings. The van der Waals surface area contributed by atoms with E-state index in [2.05, 4.69) is 121 Å². The Morgan fingerprint density at radius 3 is 0.948 bits per heavy atom. The van der Waals surface area contributed by atoms with E-state index >= 15 is 0 Å². The van der Waals surface area contributed by atoms with Gasteiger partial charge in [0.05, 0.1) is 29.5 Å². The molecule has 0 aromatic heterocycles. The summed E-state index contributed by atoms with van der Waals surface area (Å²) in [6.07, 6.45) is 12.1.